The Morgan fingerprint density at radius 1 is 1.04 bits per heavy atom. The third-order valence-electron chi connectivity index (χ3n) is 4.93. The van der Waals surface area contributed by atoms with Crippen molar-refractivity contribution in [3.8, 4) is 17.2 Å². The predicted octanol–water partition coefficient (Wildman–Crippen LogP) is 1.78. The van der Waals surface area contributed by atoms with E-state index in [0.717, 1.165) is 25.4 Å². The molecule has 2 aromatic rings. The quantitative estimate of drug-likeness (QED) is 0.763. The van der Waals surface area contributed by atoms with Crippen molar-refractivity contribution >= 4 is 17.5 Å². The van der Waals surface area contributed by atoms with Crippen LogP contribution in [0.5, 0.6) is 17.2 Å². The summed E-state index contributed by atoms with van der Waals surface area (Å²) in [6.07, 6.45) is 0. The van der Waals surface area contributed by atoms with Gasteiger partial charge in [-0.1, -0.05) is 11.6 Å². The van der Waals surface area contributed by atoms with Crippen molar-refractivity contribution in [2.75, 3.05) is 53.6 Å². The topological polar surface area (TPSA) is 52.4 Å². The summed E-state index contributed by atoms with van der Waals surface area (Å²) < 4.78 is 16.3. The van der Waals surface area contributed by atoms with Gasteiger partial charge in [0.2, 0.25) is 0 Å². The smallest absolute Gasteiger partial charge is 0.258 e. The fourth-order valence-electron chi connectivity index (χ4n) is 3.27. The van der Waals surface area contributed by atoms with Crippen molar-refractivity contribution in [1.29, 1.82) is 0 Å². The average molecular weight is 406 g/mol. The van der Waals surface area contributed by atoms with Crippen LogP contribution in [0.1, 0.15) is 10.4 Å². The molecule has 1 fully saturated rings. The van der Waals surface area contributed by atoms with Crippen molar-refractivity contribution in [2.24, 2.45) is 0 Å². The van der Waals surface area contributed by atoms with Gasteiger partial charge in [-0.05, 0) is 36.4 Å². The molecule has 0 bridgehead atoms. The molecule has 1 amide bonds. The van der Waals surface area contributed by atoms with Gasteiger partial charge >= 0.3 is 0 Å². The highest BCUT2D eigenvalue weighted by Crippen LogP contribution is 2.25. The number of hydrogen-bond donors (Lipinski definition) is 1. The second kappa shape index (κ2) is 9.66. The number of quaternary nitrogens is 1. The van der Waals surface area contributed by atoms with E-state index < -0.39 is 0 Å². The van der Waals surface area contributed by atoms with Crippen LogP contribution in [0.4, 0.5) is 0 Å². The van der Waals surface area contributed by atoms with Crippen molar-refractivity contribution < 1.29 is 23.9 Å². The van der Waals surface area contributed by atoms with Crippen molar-refractivity contribution in [3.05, 3.63) is 53.1 Å². The van der Waals surface area contributed by atoms with Crippen LogP contribution in [0.15, 0.2) is 42.5 Å². The SMILES string of the molecule is COc1ccc(C(=O)N2CC[NH+](CCOc3ccc(Cl)cc3)CC2)c(OC)c1. The molecule has 0 radical (unpaired) electrons. The molecule has 150 valence electrons. The molecule has 1 heterocycles. The third-order valence-corrected chi connectivity index (χ3v) is 5.19. The largest absolute Gasteiger partial charge is 0.497 e. The van der Waals surface area contributed by atoms with Crippen LogP contribution in [0.2, 0.25) is 5.02 Å². The lowest BCUT2D eigenvalue weighted by atomic mass is 10.1. The molecule has 1 aliphatic heterocycles. The van der Waals surface area contributed by atoms with E-state index in [4.69, 9.17) is 25.8 Å². The first-order valence-electron chi connectivity index (χ1n) is 9.34. The Morgan fingerprint density at radius 3 is 2.36 bits per heavy atom. The van der Waals surface area contributed by atoms with Gasteiger partial charge in [0, 0.05) is 11.1 Å². The number of methoxy groups -OCH3 is 2. The number of hydrogen-bond acceptors (Lipinski definition) is 4. The second-order valence-electron chi connectivity index (χ2n) is 6.66. The number of rotatable bonds is 7. The molecule has 3 rings (SSSR count). The lowest BCUT2D eigenvalue weighted by molar-refractivity contribution is -0.903. The van der Waals surface area contributed by atoms with Crippen LogP contribution in [0.25, 0.3) is 0 Å². The Bertz CT molecular complexity index is 789. The first-order chi connectivity index (χ1) is 13.6. The Kier molecular flexibility index (Phi) is 7.01. The summed E-state index contributed by atoms with van der Waals surface area (Å²) in [5.74, 6) is 2.03. The summed E-state index contributed by atoms with van der Waals surface area (Å²) in [5.41, 5.74) is 0.567. The highest BCUT2D eigenvalue weighted by atomic mass is 35.5. The number of piperazine rings is 1. The number of carbonyl (C=O) groups excluding carboxylic acids is 1. The van der Waals surface area contributed by atoms with Crippen LogP contribution >= 0.6 is 11.6 Å². The number of benzene rings is 2. The van der Waals surface area contributed by atoms with Gasteiger partial charge in [0.1, 0.15) is 30.4 Å². The molecular formula is C21H26ClN2O4+. The fraction of sp³-hybridized carbons (Fsp3) is 0.381. The van der Waals surface area contributed by atoms with Crippen LogP contribution in [0.3, 0.4) is 0 Å². The monoisotopic (exact) mass is 405 g/mol. The van der Waals surface area contributed by atoms with Gasteiger partial charge in [0.15, 0.2) is 0 Å². The summed E-state index contributed by atoms with van der Waals surface area (Å²) >= 11 is 5.88. The molecule has 7 heteroatoms. The maximum absolute atomic E-state index is 12.9. The van der Waals surface area contributed by atoms with Crippen LogP contribution in [-0.2, 0) is 0 Å². The fourth-order valence-corrected chi connectivity index (χ4v) is 3.39. The van der Waals surface area contributed by atoms with Crippen LogP contribution in [-0.4, -0.2) is 64.4 Å². The molecule has 0 spiro atoms. The Morgan fingerprint density at radius 2 is 1.71 bits per heavy atom. The van der Waals surface area contributed by atoms with Crippen molar-refractivity contribution in [2.45, 2.75) is 0 Å². The Labute approximate surface area is 170 Å². The van der Waals surface area contributed by atoms with E-state index in [0.29, 0.717) is 41.8 Å². The lowest BCUT2D eigenvalue weighted by Crippen LogP contribution is -3.15. The highest BCUT2D eigenvalue weighted by Gasteiger charge is 2.26. The maximum atomic E-state index is 12.9. The molecular weight excluding hydrogens is 380 g/mol. The van der Waals surface area contributed by atoms with Crippen LogP contribution in [0, 0.1) is 0 Å². The van der Waals surface area contributed by atoms with Crippen molar-refractivity contribution in [1.82, 2.24) is 4.90 Å². The molecule has 0 atom stereocenters. The van der Waals surface area contributed by atoms with Crippen molar-refractivity contribution in [3.63, 3.8) is 0 Å². The van der Waals surface area contributed by atoms with Gasteiger partial charge in [0.05, 0.1) is 46.0 Å². The number of ether oxygens (including phenoxy) is 3. The van der Waals surface area contributed by atoms with E-state index in [1.807, 2.05) is 29.2 Å². The van der Waals surface area contributed by atoms with Gasteiger partial charge in [-0.25, -0.2) is 0 Å². The highest BCUT2D eigenvalue weighted by molar-refractivity contribution is 6.30. The standard InChI is InChI=1S/C21H25ClN2O4/c1-26-18-7-8-19(20(15-18)27-2)21(25)24-11-9-23(10-12-24)13-14-28-17-5-3-16(22)4-6-17/h3-8,15H,9-14H2,1-2H3/p+1. The number of carbonyl (C=O) groups is 1. The molecule has 0 aliphatic carbocycles. The first-order valence-corrected chi connectivity index (χ1v) is 9.71. The van der Waals surface area contributed by atoms with Gasteiger partial charge in [-0.3, -0.25) is 4.79 Å². The summed E-state index contributed by atoms with van der Waals surface area (Å²) in [5, 5.41) is 0.701. The molecule has 0 saturated carbocycles. The molecule has 1 saturated heterocycles. The van der Waals surface area contributed by atoms with E-state index >= 15 is 0 Å². The van der Waals surface area contributed by atoms with E-state index in [1.54, 1.807) is 32.4 Å². The zero-order valence-corrected chi connectivity index (χ0v) is 17.0. The second-order valence-corrected chi connectivity index (χ2v) is 7.10. The maximum Gasteiger partial charge on any atom is 0.258 e. The lowest BCUT2D eigenvalue weighted by Gasteiger charge is -2.32. The first kappa shape index (κ1) is 20.3. The van der Waals surface area contributed by atoms with Gasteiger partial charge in [0.25, 0.3) is 5.91 Å². The Hall–Kier alpha value is -2.44. The normalized spacial score (nSPS) is 14.6. The summed E-state index contributed by atoms with van der Waals surface area (Å²) in [6, 6.07) is 12.7. The number of halogens is 1. The van der Waals surface area contributed by atoms with Gasteiger partial charge in [-0.15, -0.1) is 0 Å². The molecule has 1 N–H and O–H groups in total. The minimum Gasteiger partial charge on any atom is -0.497 e. The molecule has 0 unspecified atom stereocenters. The summed E-state index contributed by atoms with van der Waals surface area (Å²) in [6.45, 7) is 4.75. The van der Waals surface area contributed by atoms with E-state index in [-0.39, 0.29) is 5.91 Å². The molecule has 6 nitrogen and oxygen atoms in total. The predicted molar refractivity (Wildman–Crippen MR) is 108 cm³/mol. The zero-order chi connectivity index (χ0) is 19.9. The average Bonchev–Trinajstić information content (AvgIpc) is 2.74. The van der Waals surface area contributed by atoms with E-state index in [2.05, 4.69) is 0 Å². The van der Waals surface area contributed by atoms with E-state index in [1.165, 1.54) is 4.90 Å². The molecule has 28 heavy (non-hydrogen) atoms. The third kappa shape index (κ3) is 5.09. The van der Waals surface area contributed by atoms with Gasteiger partial charge < -0.3 is 24.0 Å². The zero-order valence-electron chi connectivity index (χ0n) is 16.2. The molecule has 1 aliphatic rings. The number of nitrogens with one attached hydrogen (secondary N) is 1. The minimum atomic E-state index is -0.00373. The van der Waals surface area contributed by atoms with Crippen LogP contribution < -0.4 is 19.1 Å². The van der Waals surface area contributed by atoms with Gasteiger partial charge in [-0.2, -0.15) is 0 Å². The molecule has 0 aromatic heterocycles. The summed E-state index contributed by atoms with van der Waals surface area (Å²) in [7, 11) is 3.16. The summed E-state index contributed by atoms with van der Waals surface area (Å²) in [4.78, 5) is 16.2. The molecule has 2 aromatic carbocycles. The number of nitrogens with zero attached hydrogens (tertiary/aromatic N) is 1. The van der Waals surface area contributed by atoms with E-state index in [9.17, 15) is 4.79 Å². The Balaban J connectivity index is 1.48. The number of amides is 1. The minimum absolute atomic E-state index is 0.00373.